The average Bonchev–Trinajstić information content (AvgIpc) is 3.19. The molecular formula is C14H11F3IN5OS2. The molecule has 6 nitrogen and oxygen atoms in total. The zero-order valence-corrected chi connectivity index (χ0v) is 17.2. The van der Waals surface area contributed by atoms with E-state index in [2.05, 4.69) is 37.8 Å². The van der Waals surface area contributed by atoms with E-state index in [4.69, 9.17) is 0 Å². The van der Waals surface area contributed by atoms with Crippen LogP contribution in [0.3, 0.4) is 0 Å². The number of carbonyl (C=O) groups excluding carboxylic acids is 1. The van der Waals surface area contributed by atoms with Gasteiger partial charge in [0, 0.05) is 16.8 Å². The number of halogens is 4. The molecule has 0 fully saturated rings. The van der Waals surface area contributed by atoms with E-state index in [0.717, 1.165) is 8.47 Å². The van der Waals surface area contributed by atoms with E-state index in [1.165, 1.54) is 18.8 Å². The molecular weight excluding hydrogens is 502 g/mol. The van der Waals surface area contributed by atoms with Crippen LogP contribution in [0.2, 0.25) is 0 Å². The molecule has 138 valence electrons. The minimum Gasteiger partial charge on any atom is -0.294 e. The molecule has 0 bridgehead atoms. The van der Waals surface area contributed by atoms with Crippen LogP contribution in [-0.2, 0) is 6.18 Å². The maximum absolute atomic E-state index is 12.8. The Kier molecular flexibility index (Phi) is 5.44. The molecule has 0 N–H and O–H groups in total. The van der Waals surface area contributed by atoms with Gasteiger partial charge in [0.25, 0.3) is 5.91 Å². The van der Waals surface area contributed by atoms with E-state index in [1.54, 1.807) is 4.40 Å². The lowest BCUT2D eigenvalue weighted by Gasteiger charge is -2.12. The normalized spacial score (nSPS) is 11.9. The van der Waals surface area contributed by atoms with Crippen molar-refractivity contribution in [3.63, 3.8) is 0 Å². The lowest BCUT2D eigenvalue weighted by Crippen LogP contribution is -2.27. The Morgan fingerprint density at radius 3 is 2.77 bits per heavy atom. The van der Waals surface area contributed by atoms with Crippen LogP contribution in [0.1, 0.15) is 22.4 Å². The zero-order chi connectivity index (χ0) is 19.1. The maximum atomic E-state index is 12.8. The topological polar surface area (TPSA) is 63.4 Å². The highest BCUT2D eigenvalue weighted by Gasteiger charge is 2.37. The number of nitrogens with zero attached hydrogens (tertiary/aromatic N) is 5. The van der Waals surface area contributed by atoms with Crippen molar-refractivity contribution in [2.24, 2.45) is 0 Å². The van der Waals surface area contributed by atoms with Gasteiger partial charge in [0.2, 0.25) is 10.1 Å². The summed E-state index contributed by atoms with van der Waals surface area (Å²) in [6, 6.07) is 3.71. The summed E-state index contributed by atoms with van der Waals surface area (Å²) in [5.74, 6) is 0.172. The minimum atomic E-state index is -4.59. The largest absolute Gasteiger partial charge is 0.445 e. The molecule has 0 atom stereocenters. The molecule has 0 spiro atoms. The number of hydrogen-bond donors (Lipinski definition) is 0. The number of hydrogen-bond acceptors (Lipinski definition) is 6. The van der Waals surface area contributed by atoms with Gasteiger partial charge in [-0.15, -0.1) is 22.0 Å². The van der Waals surface area contributed by atoms with Gasteiger partial charge in [-0.05, 0) is 40.5 Å². The molecule has 0 aliphatic rings. The van der Waals surface area contributed by atoms with E-state index in [1.807, 2.05) is 25.3 Å². The Morgan fingerprint density at radius 1 is 1.42 bits per heavy atom. The molecule has 0 saturated heterocycles. The first-order chi connectivity index (χ1) is 12.2. The summed E-state index contributed by atoms with van der Waals surface area (Å²) >= 11 is 3.89. The highest BCUT2D eigenvalue weighted by Crippen LogP contribution is 2.35. The lowest BCUT2D eigenvalue weighted by molar-refractivity contribution is -0.138. The number of imidazole rings is 1. The fourth-order valence-electron chi connectivity index (χ4n) is 2.12. The summed E-state index contributed by atoms with van der Waals surface area (Å²) in [7, 11) is 1.36. The smallest absolute Gasteiger partial charge is 0.294 e. The molecule has 0 unspecified atom stereocenters. The van der Waals surface area contributed by atoms with Crippen LogP contribution < -0.4 is 4.90 Å². The third kappa shape index (κ3) is 3.67. The molecule has 0 radical (unpaired) electrons. The summed E-state index contributed by atoms with van der Waals surface area (Å²) in [6.45, 7) is 1.94. The van der Waals surface area contributed by atoms with Gasteiger partial charge in [-0.2, -0.15) is 13.2 Å². The molecule has 3 heterocycles. The number of thioether (sulfide) groups is 1. The van der Waals surface area contributed by atoms with Crippen LogP contribution in [0.25, 0.3) is 5.65 Å². The number of fused-ring (bicyclic) bond motifs is 1. The molecule has 1 amide bonds. The van der Waals surface area contributed by atoms with E-state index < -0.39 is 17.1 Å². The summed E-state index contributed by atoms with van der Waals surface area (Å²) in [4.78, 5) is 18.3. The molecule has 12 heteroatoms. The molecule has 0 saturated carbocycles. The zero-order valence-electron chi connectivity index (χ0n) is 13.4. The third-order valence-electron chi connectivity index (χ3n) is 3.28. The van der Waals surface area contributed by atoms with Crippen molar-refractivity contribution >= 4 is 62.4 Å². The van der Waals surface area contributed by atoms with Crippen molar-refractivity contribution in [1.82, 2.24) is 19.6 Å². The summed E-state index contributed by atoms with van der Waals surface area (Å²) < 4.78 is 40.9. The summed E-state index contributed by atoms with van der Waals surface area (Å²) in [6.07, 6.45) is -2.78. The van der Waals surface area contributed by atoms with Crippen molar-refractivity contribution in [3.8, 4) is 0 Å². The van der Waals surface area contributed by atoms with Crippen LogP contribution in [0.4, 0.5) is 18.3 Å². The summed E-state index contributed by atoms with van der Waals surface area (Å²) in [5.41, 5.74) is 0.767. The number of anilines is 1. The van der Waals surface area contributed by atoms with Crippen LogP contribution in [0, 0.1) is 3.57 Å². The number of alkyl halides is 3. The Balaban J connectivity index is 2.01. The number of rotatable bonds is 4. The predicted octanol–water partition coefficient (Wildman–Crippen LogP) is 4.20. The first-order valence-electron chi connectivity index (χ1n) is 7.21. The quantitative estimate of drug-likeness (QED) is 0.387. The first-order valence-corrected chi connectivity index (χ1v) is 10.1. The standard InChI is InChI=1S/C14H11F3IN5OS2/c1-3-25-11-9(19-8-6-7(18)4-5-23(8)11)10(24)22(2)13-21-20-12(26-13)14(15,16)17/h4-6H,3H2,1-2H3. The predicted molar refractivity (Wildman–Crippen MR) is 102 cm³/mol. The van der Waals surface area contributed by atoms with Crippen molar-refractivity contribution in [1.29, 1.82) is 0 Å². The lowest BCUT2D eigenvalue weighted by atomic mass is 10.4. The van der Waals surface area contributed by atoms with Crippen LogP contribution >= 0.6 is 45.7 Å². The molecule has 3 aromatic heterocycles. The summed E-state index contributed by atoms with van der Waals surface area (Å²) in [5, 5.41) is 6.00. The molecule has 26 heavy (non-hydrogen) atoms. The SMILES string of the molecule is CCSc1c(C(=O)N(C)c2nnc(C(F)(F)F)s2)nc2cc(I)ccn12. The molecule has 0 aromatic carbocycles. The van der Waals surface area contributed by atoms with E-state index in [0.29, 0.717) is 27.8 Å². The van der Waals surface area contributed by atoms with Gasteiger partial charge < -0.3 is 0 Å². The van der Waals surface area contributed by atoms with Gasteiger partial charge in [-0.25, -0.2) is 4.98 Å². The van der Waals surface area contributed by atoms with E-state index in [-0.39, 0.29) is 10.8 Å². The number of pyridine rings is 1. The monoisotopic (exact) mass is 513 g/mol. The Labute approximate surface area is 168 Å². The van der Waals surface area contributed by atoms with Crippen molar-refractivity contribution in [2.75, 3.05) is 17.7 Å². The van der Waals surface area contributed by atoms with Gasteiger partial charge in [-0.1, -0.05) is 18.3 Å². The fraction of sp³-hybridized carbons (Fsp3) is 0.286. The number of amides is 1. The van der Waals surface area contributed by atoms with Crippen LogP contribution in [0.15, 0.2) is 23.4 Å². The molecule has 3 rings (SSSR count). The fourth-order valence-corrected chi connectivity index (χ4v) is 4.07. The van der Waals surface area contributed by atoms with E-state index in [9.17, 15) is 18.0 Å². The Bertz CT molecular complexity index is 971. The van der Waals surface area contributed by atoms with Gasteiger partial charge >= 0.3 is 6.18 Å². The maximum Gasteiger partial charge on any atom is 0.445 e. The van der Waals surface area contributed by atoms with Crippen molar-refractivity contribution < 1.29 is 18.0 Å². The van der Waals surface area contributed by atoms with Crippen molar-refractivity contribution in [2.45, 2.75) is 18.1 Å². The van der Waals surface area contributed by atoms with Crippen LogP contribution in [-0.4, -0.2) is 38.3 Å². The van der Waals surface area contributed by atoms with Crippen LogP contribution in [0.5, 0.6) is 0 Å². The molecule has 0 aliphatic heterocycles. The number of carbonyl (C=O) groups is 1. The third-order valence-corrected chi connectivity index (χ3v) is 5.94. The highest BCUT2D eigenvalue weighted by atomic mass is 127. The second-order valence-corrected chi connectivity index (χ2v) is 8.48. The minimum absolute atomic E-state index is 0.138. The van der Waals surface area contributed by atoms with Gasteiger partial charge in [0.1, 0.15) is 10.7 Å². The Morgan fingerprint density at radius 2 is 2.15 bits per heavy atom. The Hall–Kier alpha value is -1.41. The average molecular weight is 513 g/mol. The first kappa shape index (κ1) is 19.4. The molecule has 3 aromatic rings. The van der Waals surface area contributed by atoms with E-state index >= 15 is 0 Å². The van der Waals surface area contributed by atoms with Gasteiger partial charge in [-0.3, -0.25) is 14.1 Å². The number of aromatic nitrogens is 4. The second kappa shape index (κ2) is 7.31. The second-order valence-electron chi connectivity index (χ2n) is 5.02. The molecule has 0 aliphatic carbocycles. The van der Waals surface area contributed by atoms with Crippen molar-refractivity contribution in [3.05, 3.63) is 32.6 Å². The van der Waals surface area contributed by atoms with Gasteiger partial charge in [0.15, 0.2) is 5.69 Å². The van der Waals surface area contributed by atoms with Gasteiger partial charge in [0.05, 0.1) is 0 Å². The highest BCUT2D eigenvalue weighted by molar-refractivity contribution is 14.1.